The summed E-state index contributed by atoms with van der Waals surface area (Å²) in [6.07, 6.45) is 2.84. The number of hydrogen-bond acceptors (Lipinski definition) is 4. The van der Waals surface area contributed by atoms with Gasteiger partial charge in [-0.15, -0.1) is 0 Å². The van der Waals surface area contributed by atoms with E-state index in [0.29, 0.717) is 4.47 Å². The minimum absolute atomic E-state index is 0.0378. The van der Waals surface area contributed by atoms with Gasteiger partial charge in [-0.2, -0.15) is 0 Å². The second-order valence-electron chi connectivity index (χ2n) is 4.50. The van der Waals surface area contributed by atoms with Crippen molar-refractivity contribution in [1.82, 2.24) is 4.98 Å². The minimum Gasteiger partial charge on any atom is -0.452 e. The molecule has 2 rings (SSSR count). The van der Waals surface area contributed by atoms with Gasteiger partial charge in [-0.3, -0.25) is 9.78 Å². The van der Waals surface area contributed by atoms with Crippen LogP contribution >= 0.6 is 15.9 Å². The molecular weight excluding hydrogens is 355 g/mol. The molecule has 5 nitrogen and oxygen atoms in total. The molecule has 22 heavy (non-hydrogen) atoms. The number of hydrogen-bond donors (Lipinski definition) is 1. The summed E-state index contributed by atoms with van der Waals surface area (Å²) in [4.78, 5) is 27.2. The second-order valence-corrected chi connectivity index (χ2v) is 5.42. The predicted molar refractivity (Wildman–Crippen MR) is 82.0 cm³/mol. The number of carbonyl (C=O) groups is 2. The highest BCUT2D eigenvalue weighted by Gasteiger charge is 2.12. The number of esters is 1. The molecule has 0 atom stereocenters. The third kappa shape index (κ3) is 4.36. The topological polar surface area (TPSA) is 68.3 Å². The molecule has 1 N–H and O–H groups in total. The fraction of sp³-hybridized carbons (Fsp3) is 0.133. The Morgan fingerprint density at radius 3 is 2.77 bits per heavy atom. The van der Waals surface area contributed by atoms with Gasteiger partial charge in [0.25, 0.3) is 5.91 Å². The Bertz CT molecular complexity index is 722. The highest BCUT2D eigenvalue weighted by atomic mass is 79.9. The Morgan fingerprint density at radius 2 is 2.09 bits per heavy atom. The number of amides is 1. The normalized spacial score (nSPS) is 10.1. The number of ether oxygens (including phenoxy) is 1. The lowest BCUT2D eigenvalue weighted by molar-refractivity contribution is -0.119. The number of nitrogens with zero attached hydrogens (tertiary/aromatic N) is 1. The van der Waals surface area contributed by atoms with Crippen LogP contribution in [0.25, 0.3) is 0 Å². The van der Waals surface area contributed by atoms with E-state index in [0.717, 1.165) is 5.56 Å². The molecule has 1 heterocycles. The Balaban J connectivity index is 1.91. The third-order valence-corrected chi connectivity index (χ3v) is 3.11. The van der Waals surface area contributed by atoms with Crippen molar-refractivity contribution >= 4 is 33.5 Å². The van der Waals surface area contributed by atoms with Gasteiger partial charge in [-0.1, -0.05) is 6.07 Å². The summed E-state index contributed by atoms with van der Waals surface area (Å²) in [6.45, 7) is 1.22. The smallest absolute Gasteiger partial charge is 0.340 e. The zero-order valence-corrected chi connectivity index (χ0v) is 13.2. The van der Waals surface area contributed by atoms with Gasteiger partial charge in [0.15, 0.2) is 6.61 Å². The maximum absolute atomic E-state index is 13.6. The molecule has 2 aromatic rings. The monoisotopic (exact) mass is 366 g/mol. The first-order valence-electron chi connectivity index (χ1n) is 6.29. The van der Waals surface area contributed by atoms with Gasteiger partial charge < -0.3 is 10.1 Å². The van der Waals surface area contributed by atoms with Crippen molar-refractivity contribution in [1.29, 1.82) is 0 Å². The van der Waals surface area contributed by atoms with E-state index < -0.39 is 24.3 Å². The highest BCUT2D eigenvalue weighted by molar-refractivity contribution is 9.10. The third-order valence-electron chi connectivity index (χ3n) is 2.67. The molecule has 0 aliphatic rings. The fourth-order valence-electron chi connectivity index (χ4n) is 1.65. The van der Waals surface area contributed by atoms with Gasteiger partial charge in [-0.05, 0) is 46.6 Å². The zero-order chi connectivity index (χ0) is 16.1. The van der Waals surface area contributed by atoms with E-state index >= 15 is 0 Å². The van der Waals surface area contributed by atoms with Crippen LogP contribution < -0.4 is 5.32 Å². The number of anilines is 1. The van der Waals surface area contributed by atoms with Gasteiger partial charge >= 0.3 is 5.97 Å². The number of aryl methyl sites for hydroxylation is 1. The van der Waals surface area contributed by atoms with E-state index in [1.807, 2.05) is 0 Å². The van der Waals surface area contributed by atoms with Crippen LogP contribution in [0.2, 0.25) is 0 Å². The molecule has 114 valence electrons. The predicted octanol–water partition coefficient (Wildman–Crippen LogP) is 3.09. The van der Waals surface area contributed by atoms with Gasteiger partial charge in [0.2, 0.25) is 0 Å². The summed E-state index contributed by atoms with van der Waals surface area (Å²) in [5.41, 5.74) is 0.989. The summed E-state index contributed by atoms with van der Waals surface area (Å²) in [6, 6.07) is 5.93. The number of pyridine rings is 1. The number of nitrogens with one attached hydrogen (secondary N) is 1. The molecule has 0 bridgehead atoms. The van der Waals surface area contributed by atoms with Gasteiger partial charge in [-0.25, -0.2) is 9.18 Å². The minimum atomic E-state index is -0.687. The number of benzene rings is 1. The van der Waals surface area contributed by atoms with Crippen LogP contribution in [0.3, 0.4) is 0 Å². The van der Waals surface area contributed by atoms with Crippen molar-refractivity contribution < 1.29 is 18.7 Å². The van der Waals surface area contributed by atoms with Crippen LogP contribution in [0.5, 0.6) is 0 Å². The van der Waals surface area contributed by atoms with E-state index in [1.54, 1.807) is 13.0 Å². The Hall–Kier alpha value is -2.28. The van der Waals surface area contributed by atoms with Crippen LogP contribution in [0.4, 0.5) is 10.1 Å². The molecule has 1 aromatic carbocycles. The maximum Gasteiger partial charge on any atom is 0.340 e. The lowest BCUT2D eigenvalue weighted by Crippen LogP contribution is -2.21. The van der Waals surface area contributed by atoms with Crippen molar-refractivity contribution in [2.75, 3.05) is 11.9 Å². The molecule has 1 amide bonds. The molecule has 0 saturated heterocycles. The molecule has 0 aliphatic carbocycles. The summed E-state index contributed by atoms with van der Waals surface area (Å²) >= 11 is 3.18. The zero-order valence-electron chi connectivity index (χ0n) is 11.6. The van der Waals surface area contributed by atoms with Crippen molar-refractivity contribution in [3.05, 3.63) is 58.1 Å². The van der Waals surface area contributed by atoms with Gasteiger partial charge in [0.1, 0.15) is 5.82 Å². The molecular formula is C15H12BrFN2O3. The first-order valence-corrected chi connectivity index (χ1v) is 7.08. The number of rotatable bonds is 4. The number of aromatic nitrogens is 1. The highest BCUT2D eigenvalue weighted by Crippen LogP contribution is 2.15. The maximum atomic E-state index is 13.6. The van der Waals surface area contributed by atoms with Crippen LogP contribution in [0, 0.1) is 12.7 Å². The van der Waals surface area contributed by atoms with Crippen molar-refractivity contribution in [3.8, 4) is 0 Å². The quantitative estimate of drug-likeness (QED) is 0.844. The standard InChI is InChI=1S/C15H12BrFN2O3/c1-9-2-3-13(12(17)4-9)19-14(20)8-22-15(21)10-5-11(16)7-18-6-10/h2-7H,8H2,1H3,(H,19,20). The molecule has 0 unspecified atom stereocenters. The molecule has 0 aliphatic heterocycles. The second kappa shape index (κ2) is 7.13. The Morgan fingerprint density at radius 1 is 1.32 bits per heavy atom. The van der Waals surface area contributed by atoms with Crippen LogP contribution in [-0.4, -0.2) is 23.5 Å². The summed E-state index contributed by atoms with van der Waals surface area (Å²) in [5, 5.41) is 2.34. The SMILES string of the molecule is Cc1ccc(NC(=O)COC(=O)c2cncc(Br)c2)c(F)c1. The largest absolute Gasteiger partial charge is 0.452 e. The van der Waals surface area contributed by atoms with Crippen molar-refractivity contribution in [2.24, 2.45) is 0 Å². The number of halogens is 2. The fourth-order valence-corrected chi connectivity index (χ4v) is 2.01. The average molecular weight is 367 g/mol. The molecule has 0 spiro atoms. The van der Waals surface area contributed by atoms with Crippen LogP contribution in [0.15, 0.2) is 41.1 Å². The molecule has 7 heteroatoms. The van der Waals surface area contributed by atoms with E-state index in [1.165, 1.54) is 30.6 Å². The summed E-state index contributed by atoms with van der Waals surface area (Å²) < 4.78 is 19.0. The molecule has 0 saturated carbocycles. The Kier molecular flexibility index (Phi) is 5.21. The van der Waals surface area contributed by atoms with Crippen LogP contribution in [0.1, 0.15) is 15.9 Å². The summed E-state index contributed by atoms with van der Waals surface area (Å²) in [5.74, 6) is -1.86. The van der Waals surface area contributed by atoms with E-state index in [9.17, 15) is 14.0 Å². The lowest BCUT2D eigenvalue weighted by atomic mass is 10.2. The van der Waals surface area contributed by atoms with Crippen LogP contribution in [-0.2, 0) is 9.53 Å². The molecule has 0 fully saturated rings. The Labute approximate surface area is 134 Å². The van der Waals surface area contributed by atoms with Gasteiger partial charge in [0, 0.05) is 16.9 Å². The summed E-state index contributed by atoms with van der Waals surface area (Å²) in [7, 11) is 0. The van der Waals surface area contributed by atoms with E-state index in [-0.39, 0.29) is 11.3 Å². The van der Waals surface area contributed by atoms with Crippen molar-refractivity contribution in [2.45, 2.75) is 6.92 Å². The van der Waals surface area contributed by atoms with Crippen molar-refractivity contribution in [3.63, 3.8) is 0 Å². The van der Waals surface area contributed by atoms with Gasteiger partial charge in [0.05, 0.1) is 11.3 Å². The average Bonchev–Trinajstić information content (AvgIpc) is 2.47. The first-order chi connectivity index (χ1) is 10.5. The molecule has 1 aromatic heterocycles. The number of carbonyl (C=O) groups excluding carboxylic acids is 2. The first kappa shape index (κ1) is 16.1. The molecule has 0 radical (unpaired) electrons. The van der Waals surface area contributed by atoms with E-state index in [2.05, 4.69) is 26.2 Å². The van der Waals surface area contributed by atoms with E-state index in [4.69, 9.17) is 4.74 Å². The lowest BCUT2D eigenvalue weighted by Gasteiger charge is -2.08.